The van der Waals surface area contributed by atoms with Crippen molar-refractivity contribution in [1.29, 1.82) is 0 Å². The van der Waals surface area contributed by atoms with Crippen molar-refractivity contribution in [3.8, 4) is 0 Å². The SMILES string of the molecule is CC1=CC=C(C2=CN(C)NC2C(F)(F)F)C(C)C1. The molecule has 0 radical (unpaired) electrons. The number of halogens is 3. The summed E-state index contributed by atoms with van der Waals surface area (Å²) in [6, 6.07) is -1.59. The maximum Gasteiger partial charge on any atom is 0.409 e. The fraction of sp³-hybridized carbons (Fsp3) is 0.538. The smallest absolute Gasteiger partial charge is 0.317 e. The molecule has 0 bridgehead atoms. The Bertz CT molecular complexity index is 432. The molecule has 0 fully saturated rings. The van der Waals surface area contributed by atoms with Crippen molar-refractivity contribution < 1.29 is 13.2 Å². The lowest BCUT2D eigenvalue weighted by Crippen LogP contribution is -2.44. The lowest BCUT2D eigenvalue weighted by Gasteiger charge is -2.26. The molecule has 1 aliphatic carbocycles. The van der Waals surface area contributed by atoms with Crippen molar-refractivity contribution in [2.75, 3.05) is 7.05 Å². The normalized spacial score (nSPS) is 29.0. The highest BCUT2D eigenvalue weighted by Crippen LogP contribution is 2.38. The molecule has 2 atom stereocenters. The zero-order valence-electron chi connectivity index (χ0n) is 10.7. The molecule has 0 saturated heterocycles. The van der Waals surface area contributed by atoms with Gasteiger partial charge in [0, 0.05) is 18.8 Å². The summed E-state index contributed by atoms with van der Waals surface area (Å²) < 4.78 is 38.9. The predicted molar refractivity (Wildman–Crippen MR) is 64.4 cm³/mol. The van der Waals surface area contributed by atoms with Crippen LogP contribution in [0.1, 0.15) is 20.3 Å². The van der Waals surface area contributed by atoms with Crippen molar-refractivity contribution >= 4 is 0 Å². The van der Waals surface area contributed by atoms with Gasteiger partial charge in [-0.2, -0.15) is 13.2 Å². The van der Waals surface area contributed by atoms with Gasteiger partial charge in [-0.3, -0.25) is 0 Å². The second-order valence-electron chi connectivity index (χ2n) is 5.04. The van der Waals surface area contributed by atoms with Crippen molar-refractivity contribution in [2.24, 2.45) is 5.92 Å². The number of hydrogen-bond acceptors (Lipinski definition) is 2. The van der Waals surface area contributed by atoms with Crippen LogP contribution in [0.2, 0.25) is 0 Å². The lowest BCUT2D eigenvalue weighted by atomic mass is 9.83. The molecule has 0 spiro atoms. The maximum absolute atomic E-state index is 13.0. The quantitative estimate of drug-likeness (QED) is 0.777. The average Bonchev–Trinajstić information content (AvgIpc) is 2.59. The Labute approximate surface area is 105 Å². The van der Waals surface area contributed by atoms with Crippen LogP contribution in [-0.4, -0.2) is 24.3 Å². The van der Waals surface area contributed by atoms with Crippen molar-refractivity contribution in [1.82, 2.24) is 10.4 Å². The Kier molecular flexibility index (Phi) is 3.27. The predicted octanol–water partition coefficient (Wildman–Crippen LogP) is 3.16. The zero-order valence-corrected chi connectivity index (χ0v) is 10.7. The van der Waals surface area contributed by atoms with Gasteiger partial charge in [0.25, 0.3) is 0 Å². The zero-order chi connectivity index (χ0) is 13.5. The standard InChI is InChI=1S/C13H17F3N2/c1-8-4-5-10(9(2)6-8)11-7-18(3)17-12(11)13(14,15)16/h4-5,7,9,12,17H,6H2,1-3H3. The van der Waals surface area contributed by atoms with E-state index in [2.05, 4.69) is 5.43 Å². The second-order valence-corrected chi connectivity index (χ2v) is 5.04. The molecule has 2 nitrogen and oxygen atoms in total. The fourth-order valence-corrected chi connectivity index (χ4v) is 2.52. The van der Waals surface area contributed by atoms with Gasteiger partial charge in [-0.05, 0) is 24.8 Å². The minimum absolute atomic E-state index is 0.124. The minimum atomic E-state index is -4.27. The Morgan fingerprint density at radius 3 is 2.50 bits per heavy atom. The molecule has 0 aromatic carbocycles. The van der Waals surface area contributed by atoms with Crippen LogP contribution < -0.4 is 5.43 Å². The molecule has 2 rings (SSSR count). The largest absolute Gasteiger partial charge is 0.409 e. The summed E-state index contributed by atoms with van der Waals surface area (Å²) in [4.78, 5) is 0. The number of hydrazine groups is 1. The molecule has 1 N–H and O–H groups in total. The van der Waals surface area contributed by atoms with Crippen molar-refractivity contribution in [3.05, 3.63) is 35.1 Å². The average molecular weight is 258 g/mol. The highest BCUT2D eigenvalue weighted by Gasteiger charge is 2.46. The molecule has 0 saturated carbocycles. The van der Waals surface area contributed by atoms with Crippen LogP contribution in [0.3, 0.4) is 0 Å². The van der Waals surface area contributed by atoms with Gasteiger partial charge < -0.3 is 5.01 Å². The highest BCUT2D eigenvalue weighted by atomic mass is 19.4. The summed E-state index contributed by atoms with van der Waals surface area (Å²) >= 11 is 0. The molecule has 2 unspecified atom stereocenters. The topological polar surface area (TPSA) is 15.3 Å². The van der Waals surface area contributed by atoms with Gasteiger partial charge in [-0.1, -0.05) is 24.6 Å². The van der Waals surface area contributed by atoms with E-state index in [4.69, 9.17) is 0 Å². The van der Waals surface area contributed by atoms with Crippen molar-refractivity contribution in [3.63, 3.8) is 0 Å². The molecule has 1 aliphatic heterocycles. The molecule has 0 aromatic rings. The lowest BCUT2D eigenvalue weighted by molar-refractivity contribution is -0.150. The summed E-state index contributed by atoms with van der Waals surface area (Å²) in [5.41, 5.74) is 4.74. The molecule has 0 amide bonds. The Hall–Kier alpha value is -1.23. The van der Waals surface area contributed by atoms with Gasteiger partial charge in [0.1, 0.15) is 6.04 Å². The van der Waals surface area contributed by atoms with E-state index >= 15 is 0 Å². The van der Waals surface area contributed by atoms with E-state index in [0.29, 0.717) is 5.57 Å². The van der Waals surface area contributed by atoms with Gasteiger partial charge in [0.2, 0.25) is 0 Å². The summed E-state index contributed by atoms with van der Waals surface area (Å²) in [6.45, 7) is 3.97. The van der Waals surface area contributed by atoms with E-state index < -0.39 is 12.2 Å². The molecular weight excluding hydrogens is 241 g/mol. The highest BCUT2D eigenvalue weighted by molar-refractivity contribution is 5.44. The number of allylic oxidation sites excluding steroid dienone is 3. The Morgan fingerprint density at radius 1 is 1.28 bits per heavy atom. The molecule has 18 heavy (non-hydrogen) atoms. The van der Waals surface area contributed by atoms with E-state index in [1.807, 2.05) is 26.0 Å². The first-order chi connectivity index (χ1) is 8.29. The molecule has 2 aliphatic rings. The van der Waals surface area contributed by atoms with E-state index in [9.17, 15) is 13.2 Å². The maximum atomic E-state index is 13.0. The first kappa shape index (κ1) is 13.2. The van der Waals surface area contributed by atoms with E-state index in [0.717, 1.165) is 12.0 Å². The Morgan fingerprint density at radius 2 is 1.94 bits per heavy atom. The summed E-state index contributed by atoms with van der Waals surface area (Å²) in [7, 11) is 1.58. The minimum Gasteiger partial charge on any atom is -0.317 e. The van der Waals surface area contributed by atoms with Crippen molar-refractivity contribution in [2.45, 2.75) is 32.5 Å². The molecule has 1 heterocycles. The van der Waals surface area contributed by atoms with Gasteiger partial charge >= 0.3 is 6.18 Å². The third-order valence-electron chi connectivity index (χ3n) is 3.34. The van der Waals surface area contributed by atoms with E-state index in [-0.39, 0.29) is 5.92 Å². The molecule has 0 aromatic heterocycles. The van der Waals surface area contributed by atoms with Crippen LogP contribution in [0.15, 0.2) is 35.1 Å². The van der Waals surface area contributed by atoms with Crippen LogP contribution in [0.25, 0.3) is 0 Å². The van der Waals surface area contributed by atoms with Crippen LogP contribution in [-0.2, 0) is 0 Å². The summed E-state index contributed by atoms with van der Waals surface area (Å²) in [5.74, 6) is 0.124. The monoisotopic (exact) mass is 258 g/mol. The molecule has 100 valence electrons. The van der Waals surface area contributed by atoms with Gasteiger partial charge in [-0.15, -0.1) is 0 Å². The van der Waals surface area contributed by atoms with Crippen LogP contribution >= 0.6 is 0 Å². The summed E-state index contributed by atoms with van der Waals surface area (Å²) in [5, 5.41) is 1.38. The van der Waals surface area contributed by atoms with Gasteiger partial charge in [0.05, 0.1) is 0 Å². The van der Waals surface area contributed by atoms with Crippen LogP contribution in [0, 0.1) is 5.92 Å². The van der Waals surface area contributed by atoms with Gasteiger partial charge in [-0.25, -0.2) is 5.43 Å². The number of alkyl halides is 3. The number of rotatable bonds is 1. The summed E-state index contributed by atoms with van der Waals surface area (Å²) in [6.07, 6.45) is 1.80. The fourth-order valence-electron chi connectivity index (χ4n) is 2.52. The first-order valence-corrected chi connectivity index (χ1v) is 5.94. The van der Waals surface area contributed by atoms with Crippen LogP contribution in [0.5, 0.6) is 0 Å². The van der Waals surface area contributed by atoms with E-state index in [1.54, 1.807) is 7.05 Å². The second kappa shape index (κ2) is 4.46. The number of hydrogen-bond donors (Lipinski definition) is 1. The molecule has 5 heteroatoms. The Balaban J connectivity index is 2.34. The molecular formula is C13H17F3N2. The number of nitrogens with one attached hydrogen (secondary N) is 1. The van der Waals surface area contributed by atoms with Gasteiger partial charge in [0.15, 0.2) is 0 Å². The van der Waals surface area contributed by atoms with Crippen LogP contribution in [0.4, 0.5) is 13.2 Å². The third-order valence-corrected chi connectivity index (χ3v) is 3.34. The number of nitrogens with zero attached hydrogens (tertiary/aromatic N) is 1. The van der Waals surface area contributed by atoms with E-state index in [1.165, 1.54) is 16.8 Å². The first-order valence-electron chi connectivity index (χ1n) is 5.94. The third kappa shape index (κ3) is 2.46.